The van der Waals surface area contributed by atoms with Crippen LogP contribution in [0.1, 0.15) is 10.4 Å². The molecule has 6 heteroatoms. The van der Waals surface area contributed by atoms with Crippen molar-refractivity contribution in [2.45, 2.75) is 0 Å². The van der Waals surface area contributed by atoms with Gasteiger partial charge in [0.05, 0.1) is 5.02 Å². The van der Waals surface area contributed by atoms with E-state index in [1.54, 1.807) is 12.1 Å². The van der Waals surface area contributed by atoms with Crippen LogP contribution in [-0.4, -0.2) is 24.3 Å². The van der Waals surface area contributed by atoms with E-state index < -0.39 is 5.97 Å². The van der Waals surface area contributed by atoms with E-state index in [-0.39, 0.29) is 22.9 Å². The van der Waals surface area contributed by atoms with Gasteiger partial charge in [-0.05, 0) is 30.3 Å². The molecule has 2 rings (SSSR count). The smallest absolute Gasteiger partial charge is 0.341 e. The minimum Gasteiger partial charge on any atom is -0.490 e. The van der Waals surface area contributed by atoms with Gasteiger partial charge in [-0.25, -0.2) is 4.79 Å². The van der Waals surface area contributed by atoms with Gasteiger partial charge in [-0.1, -0.05) is 39.7 Å². The molecule has 0 unspecified atom stereocenters. The van der Waals surface area contributed by atoms with Crippen molar-refractivity contribution < 1.29 is 19.4 Å². The first-order chi connectivity index (χ1) is 10.1. The zero-order valence-electron chi connectivity index (χ0n) is 10.9. The normalized spacial score (nSPS) is 10.2. The second-order valence-corrected chi connectivity index (χ2v) is 5.40. The second-order valence-electron chi connectivity index (χ2n) is 4.07. The highest BCUT2D eigenvalue weighted by atomic mass is 79.9. The van der Waals surface area contributed by atoms with Gasteiger partial charge in [0.25, 0.3) is 0 Å². The molecule has 1 N–H and O–H groups in total. The van der Waals surface area contributed by atoms with Crippen LogP contribution in [0.4, 0.5) is 0 Å². The summed E-state index contributed by atoms with van der Waals surface area (Å²) in [5.41, 5.74) is -0.0402. The van der Waals surface area contributed by atoms with E-state index in [0.29, 0.717) is 12.4 Å². The Morgan fingerprint density at radius 3 is 2.57 bits per heavy atom. The molecule has 21 heavy (non-hydrogen) atoms. The molecule has 0 atom stereocenters. The van der Waals surface area contributed by atoms with E-state index >= 15 is 0 Å². The fourth-order valence-corrected chi connectivity index (χ4v) is 2.33. The monoisotopic (exact) mass is 370 g/mol. The SMILES string of the molecule is O=C(O)c1c(Cl)cccc1OCCOc1cccc(Br)c1. The Kier molecular flexibility index (Phi) is 5.47. The van der Waals surface area contributed by atoms with Gasteiger partial charge >= 0.3 is 5.97 Å². The summed E-state index contributed by atoms with van der Waals surface area (Å²) in [7, 11) is 0. The van der Waals surface area contributed by atoms with Crippen molar-refractivity contribution >= 4 is 33.5 Å². The topological polar surface area (TPSA) is 55.8 Å². The lowest BCUT2D eigenvalue weighted by molar-refractivity contribution is 0.0691. The van der Waals surface area contributed by atoms with E-state index in [9.17, 15) is 4.79 Å². The second kappa shape index (κ2) is 7.33. The van der Waals surface area contributed by atoms with Crippen molar-refractivity contribution in [2.24, 2.45) is 0 Å². The van der Waals surface area contributed by atoms with Gasteiger partial charge in [-0.3, -0.25) is 0 Å². The number of hydrogen-bond acceptors (Lipinski definition) is 3. The molecule has 0 spiro atoms. The predicted molar refractivity (Wildman–Crippen MR) is 83.5 cm³/mol. The Morgan fingerprint density at radius 1 is 1.14 bits per heavy atom. The third-order valence-corrected chi connectivity index (χ3v) is 3.40. The van der Waals surface area contributed by atoms with Crippen LogP contribution in [0, 0.1) is 0 Å². The van der Waals surface area contributed by atoms with Gasteiger partial charge in [-0.2, -0.15) is 0 Å². The highest BCUT2D eigenvalue weighted by molar-refractivity contribution is 9.10. The van der Waals surface area contributed by atoms with E-state index in [1.807, 2.05) is 24.3 Å². The summed E-state index contributed by atoms with van der Waals surface area (Å²) < 4.78 is 11.9. The first-order valence-electron chi connectivity index (χ1n) is 6.11. The highest BCUT2D eigenvalue weighted by Gasteiger charge is 2.15. The Labute approximate surface area is 135 Å². The Morgan fingerprint density at radius 2 is 1.86 bits per heavy atom. The number of carbonyl (C=O) groups is 1. The van der Waals surface area contributed by atoms with Crippen LogP contribution in [0.5, 0.6) is 11.5 Å². The molecular weight excluding hydrogens is 360 g/mol. The van der Waals surface area contributed by atoms with Crippen LogP contribution in [0.25, 0.3) is 0 Å². The third kappa shape index (κ3) is 4.37. The number of carboxylic acids is 1. The zero-order valence-corrected chi connectivity index (χ0v) is 13.2. The fourth-order valence-electron chi connectivity index (χ4n) is 1.70. The zero-order chi connectivity index (χ0) is 15.2. The maximum absolute atomic E-state index is 11.1. The first kappa shape index (κ1) is 15.7. The molecule has 0 heterocycles. The summed E-state index contributed by atoms with van der Waals surface area (Å²) >= 11 is 9.20. The molecule has 0 bridgehead atoms. The molecule has 0 radical (unpaired) electrons. The fraction of sp³-hybridized carbons (Fsp3) is 0.133. The van der Waals surface area contributed by atoms with Crippen LogP contribution in [0.15, 0.2) is 46.9 Å². The van der Waals surface area contributed by atoms with Crippen molar-refractivity contribution in [3.05, 3.63) is 57.5 Å². The van der Waals surface area contributed by atoms with E-state index in [4.69, 9.17) is 26.2 Å². The van der Waals surface area contributed by atoms with Gasteiger partial charge in [-0.15, -0.1) is 0 Å². The van der Waals surface area contributed by atoms with Crippen LogP contribution in [0.3, 0.4) is 0 Å². The Hall–Kier alpha value is -1.72. The molecule has 4 nitrogen and oxygen atoms in total. The highest BCUT2D eigenvalue weighted by Crippen LogP contribution is 2.26. The number of rotatable bonds is 6. The lowest BCUT2D eigenvalue weighted by Crippen LogP contribution is -2.11. The summed E-state index contributed by atoms with van der Waals surface area (Å²) in [6, 6.07) is 12.1. The van der Waals surface area contributed by atoms with Crippen LogP contribution < -0.4 is 9.47 Å². The summed E-state index contributed by atoms with van der Waals surface area (Å²) in [6.45, 7) is 0.509. The molecule has 0 aliphatic rings. The van der Waals surface area contributed by atoms with Crippen molar-refractivity contribution in [1.29, 1.82) is 0 Å². The van der Waals surface area contributed by atoms with E-state index in [1.165, 1.54) is 6.07 Å². The van der Waals surface area contributed by atoms with Crippen LogP contribution in [0.2, 0.25) is 5.02 Å². The molecule has 0 saturated heterocycles. The maximum Gasteiger partial charge on any atom is 0.341 e. The van der Waals surface area contributed by atoms with Gasteiger partial charge in [0.15, 0.2) is 0 Å². The molecule has 0 aliphatic carbocycles. The lowest BCUT2D eigenvalue weighted by atomic mass is 10.2. The minimum atomic E-state index is -1.12. The molecule has 0 aromatic heterocycles. The lowest BCUT2D eigenvalue weighted by Gasteiger charge is -2.11. The Bertz CT molecular complexity index is 645. The largest absolute Gasteiger partial charge is 0.490 e. The summed E-state index contributed by atoms with van der Waals surface area (Å²) in [6.07, 6.45) is 0. The summed E-state index contributed by atoms with van der Waals surface area (Å²) in [5, 5.41) is 9.26. The Balaban J connectivity index is 1.92. The average Bonchev–Trinajstić information content (AvgIpc) is 2.43. The molecular formula is C15H12BrClO4. The van der Waals surface area contributed by atoms with Crippen LogP contribution >= 0.6 is 27.5 Å². The quantitative estimate of drug-likeness (QED) is 0.771. The van der Waals surface area contributed by atoms with Gasteiger partial charge < -0.3 is 14.6 Å². The van der Waals surface area contributed by atoms with Gasteiger partial charge in [0.1, 0.15) is 30.3 Å². The summed E-state index contributed by atoms with van der Waals surface area (Å²) in [4.78, 5) is 11.1. The molecule has 110 valence electrons. The number of halogens is 2. The number of carboxylic acid groups (broad SMARTS) is 1. The number of hydrogen-bond donors (Lipinski definition) is 1. The molecule has 0 saturated carbocycles. The number of aromatic carboxylic acids is 1. The standard InChI is InChI=1S/C15H12BrClO4/c16-10-3-1-4-11(9-10)20-7-8-21-13-6-2-5-12(17)14(13)15(18)19/h1-6,9H,7-8H2,(H,18,19). The van der Waals surface area contributed by atoms with Crippen molar-refractivity contribution in [3.63, 3.8) is 0 Å². The molecule has 2 aromatic carbocycles. The number of benzene rings is 2. The van der Waals surface area contributed by atoms with E-state index in [2.05, 4.69) is 15.9 Å². The van der Waals surface area contributed by atoms with Crippen molar-refractivity contribution in [2.75, 3.05) is 13.2 Å². The average molecular weight is 372 g/mol. The maximum atomic E-state index is 11.1. The predicted octanol–water partition coefficient (Wildman–Crippen LogP) is 4.26. The van der Waals surface area contributed by atoms with Gasteiger partial charge in [0, 0.05) is 4.47 Å². The molecule has 0 aliphatic heterocycles. The van der Waals surface area contributed by atoms with Crippen molar-refractivity contribution in [1.82, 2.24) is 0 Å². The molecule has 0 amide bonds. The third-order valence-electron chi connectivity index (χ3n) is 2.59. The van der Waals surface area contributed by atoms with E-state index in [0.717, 1.165) is 4.47 Å². The molecule has 2 aromatic rings. The van der Waals surface area contributed by atoms with Gasteiger partial charge in [0.2, 0.25) is 0 Å². The first-order valence-corrected chi connectivity index (χ1v) is 7.28. The minimum absolute atomic E-state index is 0.0402. The molecule has 0 fully saturated rings. The van der Waals surface area contributed by atoms with Crippen LogP contribution in [-0.2, 0) is 0 Å². The number of ether oxygens (including phenoxy) is 2. The summed E-state index contributed by atoms with van der Waals surface area (Å²) in [5.74, 6) is -0.186. The van der Waals surface area contributed by atoms with Crippen molar-refractivity contribution in [3.8, 4) is 11.5 Å².